The van der Waals surface area contributed by atoms with Crippen molar-refractivity contribution < 1.29 is 13.5 Å². The molecule has 3 N–H and O–H groups in total. The maximum Gasteiger partial charge on any atom is 0.222 e. The number of nitrogens with two attached hydrogens (primary N) is 1. The summed E-state index contributed by atoms with van der Waals surface area (Å²) in [6.45, 7) is 2.09. The van der Waals surface area contributed by atoms with Crippen molar-refractivity contribution in [1.82, 2.24) is 9.97 Å². The van der Waals surface area contributed by atoms with Gasteiger partial charge in [0.2, 0.25) is 5.88 Å². The van der Waals surface area contributed by atoms with Crippen molar-refractivity contribution in [1.29, 1.82) is 0 Å². The second-order valence-electron chi connectivity index (χ2n) is 4.16. The lowest BCUT2D eigenvalue weighted by Crippen LogP contribution is -2.03. The molecule has 6 nitrogen and oxygen atoms in total. The van der Waals surface area contributed by atoms with E-state index < -0.39 is 11.1 Å². The van der Waals surface area contributed by atoms with Gasteiger partial charge in [0.05, 0.1) is 11.4 Å². The Morgan fingerprint density at radius 2 is 2.00 bits per heavy atom. The van der Waals surface area contributed by atoms with Gasteiger partial charge in [-0.15, -0.1) is 0 Å². The topological polar surface area (TPSA) is 98.3 Å². The van der Waals surface area contributed by atoms with Gasteiger partial charge >= 0.3 is 0 Å². The van der Waals surface area contributed by atoms with Crippen molar-refractivity contribution in [3.63, 3.8) is 0 Å². The molecule has 1 unspecified atom stereocenters. The fraction of sp³-hybridized carbons (Fsp3) is 0.231. The maximum atomic E-state index is 10.7. The van der Waals surface area contributed by atoms with Gasteiger partial charge in [0.1, 0.15) is 11.6 Å². The predicted molar refractivity (Wildman–Crippen MR) is 75.7 cm³/mol. The Labute approximate surface area is 119 Å². The highest BCUT2D eigenvalue weighted by molar-refractivity contribution is 7.78. The molecule has 0 aliphatic rings. The highest BCUT2D eigenvalue weighted by atomic mass is 32.2. The Morgan fingerprint density at radius 3 is 2.60 bits per heavy atom. The number of ether oxygens (including phenoxy) is 1. The zero-order valence-electron chi connectivity index (χ0n) is 10.9. The Morgan fingerprint density at radius 1 is 1.30 bits per heavy atom. The minimum atomic E-state index is -1.84. The standard InChI is InChI=1S/C13H15N3O3S/c1-9-15-11(7-14)6-13(16-9)19-12-4-2-10(3-5-12)8-20(17)18/h2-6H,7-8,14H2,1H3,(H,17,18). The lowest BCUT2D eigenvalue weighted by Gasteiger charge is -2.07. The van der Waals surface area contributed by atoms with Crippen molar-refractivity contribution in [2.45, 2.75) is 19.2 Å². The molecule has 20 heavy (non-hydrogen) atoms. The van der Waals surface area contributed by atoms with Gasteiger partial charge in [-0.1, -0.05) is 12.1 Å². The summed E-state index contributed by atoms with van der Waals surface area (Å²) in [4.78, 5) is 8.33. The largest absolute Gasteiger partial charge is 0.439 e. The van der Waals surface area contributed by atoms with Crippen molar-refractivity contribution in [3.05, 3.63) is 47.4 Å². The van der Waals surface area contributed by atoms with E-state index in [4.69, 9.17) is 15.0 Å². The summed E-state index contributed by atoms with van der Waals surface area (Å²) >= 11 is -1.84. The quantitative estimate of drug-likeness (QED) is 0.815. The van der Waals surface area contributed by atoms with Gasteiger partial charge in [-0.2, -0.15) is 4.98 Å². The number of rotatable bonds is 5. The number of nitrogens with zero attached hydrogens (tertiary/aromatic N) is 2. The molecular formula is C13H15N3O3S. The molecule has 0 radical (unpaired) electrons. The van der Waals surface area contributed by atoms with Gasteiger partial charge < -0.3 is 15.0 Å². The third kappa shape index (κ3) is 4.09. The molecule has 1 atom stereocenters. The van der Waals surface area contributed by atoms with Crippen LogP contribution >= 0.6 is 0 Å². The van der Waals surface area contributed by atoms with E-state index in [-0.39, 0.29) is 5.75 Å². The Balaban J connectivity index is 2.13. The first-order valence-electron chi connectivity index (χ1n) is 5.95. The lowest BCUT2D eigenvalue weighted by molar-refractivity contribution is 0.458. The Kier molecular flexibility index (Phi) is 4.78. The summed E-state index contributed by atoms with van der Waals surface area (Å²) in [5.41, 5.74) is 7.02. The van der Waals surface area contributed by atoms with Crippen LogP contribution in [0.2, 0.25) is 0 Å². The van der Waals surface area contributed by atoms with E-state index >= 15 is 0 Å². The summed E-state index contributed by atoms with van der Waals surface area (Å²) in [5.74, 6) is 1.72. The van der Waals surface area contributed by atoms with Gasteiger partial charge in [-0.25, -0.2) is 9.19 Å². The molecule has 0 saturated heterocycles. The molecule has 106 valence electrons. The first kappa shape index (κ1) is 14.6. The van der Waals surface area contributed by atoms with Crippen LogP contribution in [0.15, 0.2) is 30.3 Å². The van der Waals surface area contributed by atoms with Crippen LogP contribution in [0.3, 0.4) is 0 Å². The fourth-order valence-corrected chi connectivity index (χ4v) is 2.15. The maximum absolute atomic E-state index is 10.7. The molecule has 7 heteroatoms. The van der Waals surface area contributed by atoms with E-state index in [9.17, 15) is 4.21 Å². The Hall–Kier alpha value is -1.83. The van der Waals surface area contributed by atoms with Crippen molar-refractivity contribution in [2.24, 2.45) is 5.73 Å². The highest BCUT2D eigenvalue weighted by Gasteiger charge is 2.04. The molecule has 0 amide bonds. The summed E-state index contributed by atoms with van der Waals surface area (Å²) in [7, 11) is 0. The van der Waals surface area contributed by atoms with Gasteiger partial charge in [0.15, 0.2) is 11.1 Å². The van der Waals surface area contributed by atoms with E-state index in [1.54, 1.807) is 37.3 Å². The number of aromatic nitrogens is 2. The SMILES string of the molecule is Cc1nc(CN)cc(Oc2ccc(CS(=O)O)cc2)n1. The van der Waals surface area contributed by atoms with E-state index in [0.29, 0.717) is 29.7 Å². The molecule has 2 rings (SSSR count). The van der Waals surface area contributed by atoms with E-state index in [1.165, 1.54) is 0 Å². The van der Waals surface area contributed by atoms with Crippen LogP contribution in [0.1, 0.15) is 17.1 Å². The van der Waals surface area contributed by atoms with Crippen LogP contribution in [-0.2, 0) is 23.4 Å². The summed E-state index contributed by atoms with van der Waals surface area (Å²) in [6.07, 6.45) is 0. The Bertz CT molecular complexity index is 617. The zero-order valence-corrected chi connectivity index (χ0v) is 11.8. The number of hydrogen-bond acceptors (Lipinski definition) is 5. The van der Waals surface area contributed by atoms with Gasteiger partial charge in [-0.05, 0) is 24.6 Å². The third-order valence-corrected chi connectivity index (χ3v) is 3.09. The molecule has 0 saturated carbocycles. The van der Waals surface area contributed by atoms with E-state index in [0.717, 1.165) is 5.56 Å². The molecule has 1 heterocycles. The smallest absolute Gasteiger partial charge is 0.222 e. The molecule has 0 aliphatic heterocycles. The predicted octanol–water partition coefficient (Wildman–Crippen LogP) is 1.76. The molecule has 0 bridgehead atoms. The lowest BCUT2D eigenvalue weighted by atomic mass is 10.2. The van der Waals surface area contributed by atoms with Crippen LogP contribution < -0.4 is 10.5 Å². The molecule has 1 aromatic carbocycles. The highest BCUT2D eigenvalue weighted by Crippen LogP contribution is 2.20. The van der Waals surface area contributed by atoms with Crippen LogP contribution in [0.25, 0.3) is 0 Å². The second-order valence-corrected chi connectivity index (χ2v) is 5.09. The molecular weight excluding hydrogens is 278 g/mol. The molecule has 2 aromatic rings. The van der Waals surface area contributed by atoms with Crippen LogP contribution in [0.4, 0.5) is 0 Å². The number of benzene rings is 1. The van der Waals surface area contributed by atoms with Crippen LogP contribution in [-0.4, -0.2) is 18.7 Å². The zero-order chi connectivity index (χ0) is 14.5. The van der Waals surface area contributed by atoms with Crippen LogP contribution in [0, 0.1) is 6.92 Å². The molecule has 0 aliphatic carbocycles. The molecule has 0 fully saturated rings. The average Bonchev–Trinajstić information content (AvgIpc) is 2.39. The normalized spacial score (nSPS) is 12.2. The van der Waals surface area contributed by atoms with Crippen molar-refractivity contribution in [3.8, 4) is 11.6 Å². The van der Waals surface area contributed by atoms with Gasteiger partial charge in [0, 0.05) is 12.6 Å². The first-order chi connectivity index (χ1) is 9.56. The molecule has 1 aromatic heterocycles. The number of hydrogen-bond donors (Lipinski definition) is 2. The van der Waals surface area contributed by atoms with Crippen LogP contribution in [0.5, 0.6) is 11.6 Å². The summed E-state index contributed by atoms with van der Waals surface area (Å²) < 4.78 is 25.1. The summed E-state index contributed by atoms with van der Waals surface area (Å²) in [5, 5.41) is 0. The second kappa shape index (κ2) is 6.56. The average molecular weight is 293 g/mol. The molecule has 0 spiro atoms. The van der Waals surface area contributed by atoms with Crippen molar-refractivity contribution in [2.75, 3.05) is 0 Å². The van der Waals surface area contributed by atoms with Crippen molar-refractivity contribution >= 4 is 11.1 Å². The van der Waals surface area contributed by atoms with Gasteiger partial charge in [-0.3, -0.25) is 0 Å². The first-order valence-corrected chi connectivity index (χ1v) is 7.23. The third-order valence-electron chi connectivity index (χ3n) is 2.51. The minimum absolute atomic E-state index is 0.101. The van der Waals surface area contributed by atoms with E-state index in [2.05, 4.69) is 9.97 Å². The van der Waals surface area contributed by atoms with E-state index in [1.807, 2.05) is 0 Å². The van der Waals surface area contributed by atoms with Gasteiger partial charge in [0.25, 0.3) is 0 Å². The fourth-order valence-electron chi connectivity index (χ4n) is 1.67. The number of aryl methyl sites for hydroxylation is 1. The summed E-state index contributed by atoms with van der Waals surface area (Å²) in [6, 6.07) is 8.61. The minimum Gasteiger partial charge on any atom is -0.439 e. The monoisotopic (exact) mass is 293 g/mol.